The Morgan fingerprint density at radius 3 is 1.62 bits per heavy atom. The summed E-state index contributed by atoms with van der Waals surface area (Å²) in [5.41, 5.74) is 14.7. The molecule has 3 nitrogen and oxygen atoms in total. The molecule has 0 fully saturated rings. The van der Waals surface area contributed by atoms with Crippen LogP contribution in [0.5, 0.6) is 0 Å². The van der Waals surface area contributed by atoms with Crippen LogP contribution in [0.1, 0.15) is 0 Å². The van der Waals surface area contributed by atoms with Crippen molar-refractivity contribution in [1.29, 1.82) is 0 Å². The summed E-state index contributed by atoms with van der Waals surface area (Å²) in [6.45, 7) is 0. The maximum absolute atomic E-state index is 5.14. The summed E-state index contributed by atoms with van der Waals surface area (Å²) in [5, 5.41) is 4.93. The molecule has 3 heteroatoms. The minimum absolute atomic E-state index is 0.700. The zero-order valence-corrected chi connectivity index (χ0v) is 27.1. The molecule has 1 aliphatic rings. The van der Waals surface area contributed by atoms with Crippen molar-refractivity contribution in [2.75, 3.05) is 0 Å². The number of benzene rings is 7. The Labute approximate surface area is 290 Å². The van der Waals surface area contributed by atoms with Gasteiger partial charge in [-0.15, -0.1) is 0 Å². The normalized spacial score (nSPS) is 11.6. The minimum Gasteiger partial charge on any atom is -0.263 e. The van der Waals surface area contributed by atoms with Crippen LogP contribution in [0.15, 0.2) is 176 Å². The highest BCUT2D eigenvalue weighted by Gasteiger charge is 2.22. The molecule has 1 aliphatic carbocycles. The third-order valence-electron chi connectivity index (χ3n) is 9.96. The molecule has 50 heavy (non-hydrogen) atoms. The standard InChI is InChI=1S/C47H29N3/c1-2-9-32(10-3-1)44-27-45(33-21-17-31(18-22-33)43-29-48-28-35-11-4-5-12-36(35)43)50-47(49-44)34-23-19-30(20-24-34)37-25-26-42-39-14-7-6-13-38(39)41-16-8-15-40(37)46(41)42/h1-29H. The lowest BCUT2D eigenvalue weighted by Crippen LogP contribution is -1.96. The van der Waals surface area contributed by atoms with E-state index in [-0.39, 0.29) is 0 Å². The maximum Gasteiger partial charge on any atom is 0.160 e. The molecule has 0 bridgehead atoms. The predicted molar refractivity (Wildman–Crippen MR) is 206 cm³/mol. The Kier molecular flexibility index (Phi) is 6.49. The lowest BCUT2D eigenvalue weighted by molar-refractivity contribution is 1.18. The van der Waals surface area contributed by atoms with Gasteiger partial charge in [0.15, 0.2) is 5.82 Å². The number of pyridine rings is 1. The van der Waals surface area contributed by atoms with Crippen molar-refractivity contribution >= 4 is 21.5 Å². The second-order valence-corrected chi connectivity index (χ2v) is 12.8. The molecule has 10 rings (SSSR count). The summed E-state index contributed by atoms with van der Waals surface area (Å²) in [5.74, 6) is 0.700. The fourth-order valence-corrected chi connectivity index (χ4v) is 7.51. The van der Waals surface area contributed by atoms with Crippen LogP contribution in [0.2, 0.25) is 0 Å². The highest BCUT2D eigenvalue weighted by molar-refractivity contribution is 6.18. The second kappa shape index (κ2) is 11.5. The molecule has 0 unspecified atom stereocenters. The molecule has 0 saturated heterocycles. The molecule has 0 N–H and O–H groups in total. The molecular weight excluding hydrogens is 607 g/mol. The first-order valence-electron chi connectivity index (χ1n) is 16.9. The van der Waals surface area contributed by atoms with Crippen molar-refractivity contribution in [1.82, 2.24) is 15.0 Å². The summed E-state index contributed by atoms with van der Waals surface area (Å²) in [4.78, 5) is 14.7. The molecule has 7 aromatic carbocycles. The van der Waals surface area contributed by atoms with Gasteiger partial charge in [-0.25, -0.2) is 9.97 Å². The Morgan fingerprint density at radius 1 is 0.320 bits per heavy atom. The molecule has 0 aliphatic heterocycles. The van der Waals surface area contributed by atoms with Gasteiger partial charge in [-0.2, -0.15) is 0 Å². The van der Waals surface area contributed by atoms with Gasteiger partial charge in [-0.1, -0.05) is 158 Å². The highest BCUT2D eigenvalue weighted by atomic mass is 14.9. The van der Waals surface area contributed by atoms with Crippen molar-refractivity contribution in [3.63, 3.8) is 0 Å². The van der Waals surface area contributed by atoms with Crippen molar-refractivity contribution in [3.05, 3.63) is 176 Å². The van der Waals surface area contributed by atoms with E-state index < -0.39 is 0 Å². The molecule has 9 aromatic rings. The number of rotatable bonds is 5. The molecule has 0 spiro atoms. The first kappa shape index (κ1) is 28.3. The molecule has 2 heterocycles. The summed E-state index contributed by atoms with van der Waals surface area (Å²) >= 11 is 0. The van der Waals surface area contributed by atoms with E-state index in [0.717, 1.165) is 44.6 Å². The molecule has 0 radical (unpaired) electrons. The van der Waals surface area contributed by atoms with Gasteiger partial charge in [0.05, 0.1) is 11.4 Å². The minimum atomic E-state index is 0.700. The van der Waals surface area contributed by atoms with Crippen LogP contribution < -0.4 is 0 Å². The van der Waals surface area contributed by atoms with Crippen LogP contribution >= 0.6 is 0 Å². The zero-order chi connectivity index (χ0) is 33.0. The zero-order valence-electron chi connectivity index (χ0n) is 27.1. The fraction of sp³-hybridized carbons (Fsp3) is 0. The molecule has 0 amide bonds. The van der Waals surface area contributed by atoms with E-state index in [2.05, 4.69) is 157 Å². The summed E-state index contributed by atoms with van der Waals surface area (Å²) in [6, 6.07) is 58.1. The molecule has 2 aromatic heterocycles. The van der Waals surface area contributed by atoms with E-state index in [0.29, 0.717) is 5.82 Å². The summed E-state index contributed by atoms with van der Waals surface area (Å²) < 4.78 is 0. The molecule has 232 valence electrons. The van der Waals surface area contributed by atoms with Crippen molar-refractivity contribution in [2.45, 2.75) is 0 Å². The number of hydrogen-bond donors (Lipinski definition) is 0. The van der Waals surface area contributed by atoms with E-state index in [1.807, 2.05) is 24.5 Å². The van der Waals surface area contributed by atoms with Gasteiger partial charge >= 0.3 is 0 Å². The summed E-state index contributed by atoms with van der Waals surface area (Å²) in [7, 11) is 0. The largest absolute Gasteiger partial charge is 0.263 e. The Balaban J connectivity index is 1.04. The Morgan fingerprint density at radius 2 is 0.860 bits per heavy atom. The van der Waals surface area contributed by atoms with Gasteiger partial charge in [-0.05, 0) is 61.2 Å². The smallest absolute Gasteiger partial charge is 0.160 e. The van der Waals surface area contributed by atoms with Crippen LogP contribution in [-0.4, -0.2) is 15.0 Å². The third-order valence-corrected chi connectivity index (χ3v) is 9.96. The average molecular weight is 636 g/mol. The second-order valence-electron chi connectivity index (χ2n) is 12.8. The molecule has 0 saturated carbocycles. The number of hydrogen-bond acceptors (Lipinski definition) is 3. The summed E-state index contributed by atoms with van der Waals surface area (Å²) in [6.07, 6.45) is 3.86. The molecule has 0 atom stereocenters. The van der Waals surface area contributed by atoms with Crippen LogP contribution in [0, 0.1) is 0 Å². The predicted octanol–water partition coefficient (Wildman–Crippen LogP) is 12.2. The average Bonchev–Trinajstić information content (AvgIpc) is 3.53. The van der Waals surface area contributed by atoms with Crippen molar-refractivity contribution in [3.8, 4) is 78.4 Å². The molecular formula is C47H29N3. The van der Waals surface area contributed by atoms with E-state index in [9.17, 15) is 0 Å². The Hall–Kier alpha value is -6.71. The van der Waals surface area contributed by atoms with Crippen LogP contribution in [0.4, 0.5) is 0 Å². The van der Waals surface area contributed by atoms with Crippen molar-refractivity contribution in [2.24, 2.45) is 0 Å². The third kappa shape index (κ3) is 4.63. The van der Waals surface area contributed by atoms with E-state index in [4.69, 9.17) is 9.97 Å². The van der Waals surface area contributed by atoms with Crippen LogP contribution in [0.3, 0.4) is 0 Å². The SMILES string of the molecule is c1ccc(-c2cc(-c3ccc(-c4cncc5ccccc45)cc3)nc(-c3ccc(-c4ccc5c6c(cccc46)-c4ccccc4-5)cc3)n2)cc1. The van der Waals surface area contributed by atoms with Gasteiger partial charge in [0.2, 0.25) is 0 Å². The maximum atomic E-state index is 5.14. The van der Waals surface area contributed by atoms with Crippen LogP contribution in [-0.2, 0) is 0 Å². The van der Waals surface area contributed by atoms with E-state index in [1.54, 1.807) is 0 Å². The van der Waals surface area contributed by atoms with Gasteiger partial charge < -0.3 is 0 Å². The number of nitrogens with zero attached hydrogens (tertiary/aromatic N) is 3. The van der Waals surface area contributed by atoms with Crippen molar-refractivity contribution < 1.29 is 0 Å². The van der Waals surface area contributed by atoms with E-state index in [1.165, 1.54) is 49.5 Å². The quantitative estimate of drug-likeness (QED) is 0.189. The highest BCUT2D eigenvalue weighted by Crippen LogP contribution is 2.49. The first-order valence-corrected chi connectivity index (χ1v) is 16.9. The number of aromatic nitrogens is 3. The number of fused-ring (bicyclic) bond motifs is 4. The van der Waals surface area contributed by atoms with Gasteiger partial charge in [0.1, 0.15) is 0 Å². The first-order chi connectivity index (χ1) is 24.8. The van der Waals surface area contributed by atoms with E-state index >= 15 is 0 Å². The van der Waals surface area contributed by atoms with Gasteiger partial charge in [-0.3, -0.25) is 4.98 Å². The fourth-order valence-electron chi connectivity index (χ4n) is 7.51. The lowest BCUT2D eigenvalue weighted by atomic mass is 9.94. The van der Waals surface area contributed by atoms with Crippen LogP contribution in [0.25, 0.3) is 100.0 Å². The monoisotopic (exact) mass is 635 g/mol. The Bertz CT molecular complexity index is 2700. The van der Waals surface area contributed by atoms with Gasteiger partial charge in [0.25, 0.3) is 0 Å². The topological polar surface area (TPSA) is 38.7 Å². The van der Waals surface area contributed by atoms with Gasteiger partial charge in [0, 0.05) is 40.0 Å². The lowest BCUT2D eigenvalue weighted by Gasteiger charge is -2.12.